The van der Waals surface area contributed by atoms with E-state index in [1.807, 2.05) is 14.1 Å². The van der Waals surface area contributed by atoms with Gasteiger partial charge in [0.2, 0.25) is 6.23 Å². The lowest BCUT2D eigenvalue weighted by Gasteiger charge is -2.37. The van der Waals surface area contributed by atoms with E-state index in [4.69, 9.17) is 4.74 Å². The molecular formula is C6H14NO2+. The maximum atomic E-state index is 9.28. The molecular weight excluding hydrogens is 118 g/mol. The zero-order chi connectivity index (χ0) is 6.91. The number of quaternary nitrogens is 1. The van der Waals surface area contributed by atoms with E-state index in [9.17, 15) is 5.11 Å². The highest BCUT2D eigenvalue weighted by atomic mass is 16.5. The monoisotopic (exact) mass is 132 g/mol. The third-order valence-corrected chi connectivity index (χ3v) is 1.89. The van der Waals surface area contributed by atoms with Crippen LogP contribution < -0.4 is 0 Å². The number of aliphatic hydroxyl groups is 1. The van der Waals surface area contributed by atoms with Gasteiger partial charge < -0.3 is 9.84 Å². The van der Waals surface area contributed by atoms with Crippen LogP contribution in [-0.4, -0.2) is 49.7 Å². The molecule has 1 saturated heterocycles. The van der Waals surface area contributed by atoms with E-state index < -0.39 is 0 Å². The van der Waals surface area contributed by atoms with Gasteiger partial charge in [-0.2, -0.15) is 0 Å². The molecule has 3 nitrogen and oxygen atoms in total. The molecule has 1 unspecified atom stereocenters. The molecule has 54 valence electrons. The molecule has 3 heteroatoms. The van der Waals surface area contributed by atoms with Crippen LogP contribution in [0.4, 0.5) is 0 Å². The maximum Gasteiger partial charge on any atom is 0.214 e. The van der Waals surface area contributed by atoms with Crippen molar-refractivity contribution in [2.75, 3.05) is 33.9 Å². The van der Waals surface area contributed by atoms with Gasteiger partial charge >= 0.3 is 0 Å². The fraction of sp³-hybridized carbons (Fsp3) is 1.00. The van der Waals surface area contributed by atoms with Crippen LogP contribution in [0.2, 0.25) is 0 Å². The van der Waals surface area contributed by atoms with Crippen molar-refractivity contribution in [1.82, 2.24) is 0 Å². The summed E-state index contributed by atoms with van der Waals surface area (Å²) in [5.41, 5.74) is 0. The minimum Gasteiger partial charge on any atom is -0.367 e. The molecule has 0 aromatic carbocycles. The Morgan fingerprint density at radius 2 is 2.22 bits per heavy atom. The first kappa shape index (κ1) is 6.99. The van der Waals surface area contributed by atoms with Gasteiger partial charge in [-0.1, -0.05) is 0 Å². The molecule has 1 rings (SSSR count). The average molecular weight is 132 g/mol. The Balaban J connectivity index is 2.49. The summed E-state index contributed by atoms with van der Waals surface area (Å²) in [4.78, 5) is 0. The molecule has 0 aliphatic carbocycles. The first-order valence-electron chi connectivity index (χ1n) is 3.21. The van der Waals surface area contributed by atoms with Crippen LogP contribution in [0.5, 0.6) is 0 Å². The lowest BCUT2D eigenvalue weighted by Crippen LogP contribution is -2.56. The Labute approximate surface area is 55.4 Å². The summed E-state index contributed by atoms with van der Waals surface area (Å²) < 4.78 is 5.72. The van der Waals surface area contributed by atoms with Gasteiger partial charge in [-0.15, -0.1) is 0 Å². The molecule has 0 amide bonds. The standard InChI is InChI=1S/C6H14NO2/c1-7(2)3-4-9-5-6(7)8/h6,8H,3-5H2,1-2H3/q+1. The normalized spacial score (nSPS) is 34.3. The van der Waals surface area contributed by atoms with Gasteiger partial charge in [-0.05, 0) is 0 Å². The number of likely N-dealkylation sites (N-methyl/N-ethyl adjacent to an activating group) is 1. The van der Waals surface area contributed by atoms with Crippen molar-refractivity contribution >= 4 is 0 Å². The van der Waals surface area contributed by atoms with Crippen molar-refractivity contribution in [2.24, 2.45) is 0 Å². The first-order chi connectivity index (χ1) is 4.13. The molecule has 1 N–H and O–H groups in total. The van der Waals surface area contributed by atoms with Gasteiger partial charge in [0.15, 0.2) is 0 Å². The summed E-state index contributed by atoms with van der Waals surface area (Å²) in [7, 11) is 4.01. The minimum absolute atomic E-state index is 0.334. The predicted octanol–water partition coefficient (Wildman–Crippen LogP) is -0.589. The number of rotatable bonds is 0. The van der Waals surface area contributed by atoms with E-state index in [2.05, 4.69) is 0 Å². The van der Waals surface area contributed by atoms with Crippen molar-refractivity contribution in [2.45, 2.75) is 6.23 Å². The topological polar surface area (TPSA) is 29.5 Å². The Morgan fingerprint density at radius 1 is 1.56 bits per heavy atom. The summed E-state index contributed by atoms with van der Waals surface area (Å²) >= 11 is 0. The summed E-state index contributed by atoms with van der Waals surface area (Å²) in [6.45, 7) is 2.15. The predicted molar refractivity (Wildman–Crippen MR) is 33.8 cm³/mol. The highest BCUT2D eigenvalue weighted by molar-refractivity contribution is 4.46. The van der Waals surface area contributed by atoms with Crippen LogP contribution >= 0.6 is 0 Å². The fourth-order valence-corrected chi connectivity index (χ4v) is 0.839. The second-order valence-corrected chi connectivity index (χ2v) is 3.06. The smallest absolute Gasteiger partial charge is 0.214 e. The second kappa shape index (κ2) is 2.25. The van der Waals surface area contributed by atoms with E-state index in [1.165, 1.54) is 0 Å². The maximum absolute atomic E-state index is 9.28. The van der Waals surface area contributed by atoms with E-state index in [0.29, 0.717) is 11.1 Å². The van der Waals surface area contributed by atoms with E-state index in [-0.39, 0.29) is 6.23 Å². The van der Waals surface area contributed by atoms with Crippen molar-refractivity contribution in [3.8, 4) is 0 Å². The quantitative estimate of drug-likeness (QED) is 0.446. The zero-order valence-electron chi connectivity index (χ0n) is 6.00. The zero-order valence-corrected chi connectivity index (χ0v) is 6.00. The van der Waals surface area contributed by atoms with Crippen LogP contribution in [0, 0.1) is 0 Å². The molecule has 0 spiro atoms. The van der Waals surface area contributed by atoms with Crippen LogP contribution in [-0.2, 0) is 4.74 Å². The Kier molecular flexibility index (Phi) is 1.75. The lowest BCUT2D eigenvalue weighted by molar-refractivity contribution is -0.944. The van der Waals surface area contributed by atoms with Crippen molar-refractivity contribution in [1.29, 1.82) is 0 Å². The number of aliphatic hydroxyl groups excluding tert-OH is 1. The van der Waals surface area contributed by atoms with Crippen molar-refractivity contribution in [3.05, 3.63) is 0 Å². The fourth-order valence-electron chi connectivity index (χ4n) is 0.839. The molecule has 0 bridgehead atoms. The first-order valence-corrected chi connectivity index (χ1v) is 3.21. The Morgan fingerprint density at radius 3 is 2.56 bits per heavy atom. The minimum atomic E-state index is -0.334. The third kappa shape index (κ3) is 1.41. The number of hydrogen-bond acceptors (Lipinski definition) is 2. The van der Waals surface area contributed by atoms with Gasteiger partial charge in [0, 0.05) is 0 Å². The molecule has 1 heterocycles. The summed E-state index contributed by atoms with van der Waals surface area (Å²) in [6, 6.07) is 0. The van der Waals surface area contributed by atoms with Gasteiger partial charge in [-0.3, -0.25) is 4.48 Å². The number of ether oxygens (including phenoxy) is 1. The van der Waals surface area contributed by atoms with E-state index in [1.54, 1.807) is 0 Å². The van der Waals surface area contributed by atoms with Crippen LogP contribution in [0.1, 0.15) is 0 Å². The lowest BCUT2D eigenvalue weighted by atomic mass is 10.3. The van der Waals surface area contributed by atoms with Gasteiger partial charge in [-0.25, -0.2) is 0 Å². The van der Waals surface area contributed by atoms with Crippen molar-refractivity contribution in [3.63, 3.8) is 0 Å². The van der Waals surface area contributed by atoms with Crippen LogP contribution in [0.15, 0.2) is 0 Å². The molecule has 1 aliphatic heterocycles. The van der Waals surface area contributed by atoms with Crippen LogP contribution in [0.25, 0.3) is 0 Å². The number of morpholine rings is 1. The van der Waals surface area contributed by atoms with E-state index >= 15 is 0 Å². The Bertz CT molecular complexity index is 103. The van der Waals surface area contributed by atoms with Gasteiger partial charge in [0.05, 0.1) is 20.7 Å². The second-order valence-electron chi connectivity index (χ2n) is 3.06. The summed E-state index contributed by atoms with van der Waals surface area (Å²) in [6.07, 6.45) is -0.334. The summed E-state index contributed by atoms with van der Waals surface area (Å²) in [5, 5.41) is 9.28. The molecule has 1 atom stereocenters. The number of nitrogens with zero attached hydrogens (tertiary/aromatic N) is 1. The molecule has 1 fully saturated rings. The van der Waals surface area contributed by atoms with Gasteiger partial charge in [0.1, 0.15) is 13.2 Å². The molecule has 1 aliphatic rings. The summed E-state index contributed by atoms with van der Waals surface area (Å²) in [5.74, 6) is 0. The average Bonchev–Trinajstić information content (AvgIpc) is 1.77. The van der Waals surface area contributed by atoms with Crippen molar-refractivity contribution < 1.29 is 14.3 Å². The highest BCUT2D eigenvalue weighted by Gasteiger charge is 2.29. The molecule has 0 radical (unpaired) electrons. The molecule has 0 aromatic heterocycles. The Hall–Kier alpha value is -0.120. The highest BCUT2D eigenvalue weighted by Crippen LogP contribution is 2.08. The van der Waals surface area contributed by atoms with E-state index in [0.717, 1.165) is 13.2 Å². The largest absolute Gasteiger partial charge is 0.367 e. The third-order valence-electron chi connectivity index (χ3n) is 1.89. The SMILES string of the molecule is C[N+]1(C)CCOCC1O. The number of hydrogen-bond donors (Lipinski definition) is 1. The molecule has 9 heavy (non-hydrogen) atoms. The molecule has 0 aromatic rings. The molecule has 0 saturated carbocycles. The van der Waals surface area contributed by atoms with Crippen LogP contribution in [0.3, 0.4) is 0 Å². The van der Waals surface area contributed by atoms with Gasteiger partial charge in [0.25, 0.3) is 0 Å².